The monoisotopic (exact) mass is 369 g/mol. The van der Waals surface area contributed by atoms with Crippen LogP contribution in [0.3, 0.4) is 0 Å². The summed E-state index contributed by atoms with van der Waals surface area (Å²) in [7, 11) is 1.94. The molecule has 1 fully saturated rings. The molecule has 3 rings (SSSR count). The lowest BCUT2D eigenvalue weighted by Gasteiger charge is -2.23. The van der Waals surface area contributed by atoms with E-state index < -0.39 is 0 Å². The number of rotatable bonds is 7. The Bertz CT molecular complexity index is 800. The van der Waals surface area contributed by atoms with Gasteiger partial charge in [0, 0.05) is 32.2 Å². The van der Waals surface area contributed by atoms with E-state index >= 15 is 0 Å². The van der Waals surface area contributed by atoms with Gasteiger partial charge in [0.25, 0.3) is 5.56 Å². The van der Waals surface area contributed by atoms with E-state index in [0.29, 0.717) is 0 Å². The number of nitrogens with one attached hydrogen (secondary N) is 2. The molecule has 0 bridgehead atoms. The summed E-state index contributed by atoms with van der Waals surface area (Å²) in [6.45, 7) is 2.50. The first-order valence-electron chi connectivity index (χ1n) is 9.44. The zero-order valence-electron chi connectivity index (χ0n) is 15.7. The number of piperidine rings is 1. The third kappa shape index (κ3) is 5.65. The van der Waals surface area contributed by atoms with Gasteiger partial charge >= 0.3 is 0 Å². The molecular formula is C20H27N5O2. The number of nitrogens with zero attached hydrogens (tertiary/aromatic N) is 3. The van der Waals surface area contributed by atoms with Gasteiger partial charge in [-0.3, -0.25) is 9.59 Å². The molecule has 1 aliphatic rings. The summed E-state index contributed by atoms with van der Waals surface area (Å²) in [5.74, 6) is -0.177. The van der Waals surface area contributed by atoms with Crippen molar-refractivity contribution in [1.82, 2.24) is 20.4 Å². The van der Waals surface area contributed by atoms with Gasteiger partial charge in [0.2, 0.25) is 5.91 Å². The Balaban J connectivity index is 1.54. The molecule has 1 atom stereocenters. The van der Waals surface area contributed by atoms with Crippen molar-refractivity contribution in [2.75, 3.05) is 31.6 Å². The summed E-state index contributed by atoms with van der Waals surface area (Å²) in [5, 5.41) is 10.4. The molecule has 7 heteroatoms. The summed E-state index contributed by atoms with van der Waals surface area (Å²) in [5.41, 5.74) is 1.74. The maximum absolute atomic E-state index is 12.3. The van der Waals surface area contributed by atoms with E-state index in [2.05, 4.69) is 27.9 Å². The number of aromatic nitrogens is 2. The van der Waals surface area contributed by atoms with Crippen molar-refractivity contribution in [3.8, 4) is 0 Å². The number of likely N-dealkylation sites (N-methyl/N-ethyl adjacent to an activating group) is 1. The molecule has 0 aliphatic carbocycles. The smallest absolute Gasteiger partial charge is 0.269 e. The zero-order valence-corrected chi connectivity index (χ0v) is 15.7. The molecule has 1 aromatic heterocycles. The van der Waals surface area contributed by atoms with E-state index in [0.717, 1.165) is 44.6 Å². The Morgan fingerprint density at radius 1 is 1.37 bits per heavy atom. The summed E-state index contributed by atoms with van der Waals surface area (Å²) >= 11 is 0. The zero-order chi connectivity index (χ0) is 19.1. The predicted molar refractivity (Wildman–Crippen MR) is 106 cm³/mol. The van der Waals surface area contributed by atoms with Crippen LogP contribution in [-0.2, 0) is 17.8 Å². The van der Waals surface area contributed by atoms with Gasteiger partial charge in [0.1, 0.15) is 6.54 Å². The number of hydrogen-bond donors (Lipinski definition) is 2. The first-order chi connectivity index (χ1) is 13.1. The van der Waals surface area contributed by atoms with Crippen LogP contribution in [0, 0.1) is 0 Å². The largest absolute Gasteiger partial charge is 0.373 e. The number of anilines is 1. The summed E-state index contributed by atoms with van der Waals surface area (Å²) in [6.07, 6.45) is 4.54. The van der Waals surface area contributed by atoms with E-state index in [1.807, 2.05) is 30.1 Å². The van der Waals surface area contributed by atoms with Gasteiger partial charge in [-0.25, -0.2) is 4.68 Å². The fourth-order valence-electron chi connectivity index (χ4n) is 3.21. The van der Waals surface area contributed by atoms with E-state index in [1.54, 1.807) is 6.20 Å². The second-order valence-electron chi connectivity index (χ2n) is 6.98. The molecule has 0 spiro atoms. The Labute approximate surface area is 159 Å². The van der Waals surface area contributed by atoms with Gasteiger partial charge in [0.15, 0.2) is 0 Å². The maximum atomic E-state index is 12.3. The minimum Gasteiger partial charge on any atom is -0.373 e. The van der Waals surface area contributed by atoms with Crippen molar-refractivity contribution in [3.05, 3.63) is 58.5 Å². The Hall–Kier alpha value is -2.67. The van der Waals surface area contributed by atoms with E-state index in [-0.39, 0.29) is 24.1 Å². The topological polar surface area (TPSA) is 79.3 Å². The Morgan fingerprint density at radius 2 is 2.19 bits per heavy atom. The number of carbonyl (C=O) groups is 1. The molecule has 2 aromatic rings. The van der Waals surface area contributed by atoms with E-state index in [1.165, 1.54) is 16.3 Å². The molecule has 1 aliphatic heterocycles. The fraction of sp³-hybridized carbons (Fsp3) is 0.450. The minimum absolute atomic E-state index is 0.0522. The molecule has 27 heavy (non-hydrogen) atoms. The van der Waals surface area contributed by atoms with Crippen LogP contribution in [0.1, 0.15) is 18.4 Å². The van der Waals surface area contributed by atoms with Gasteiger partial charge in [-0.15, -0.1) is 0 Å². The molecule has 0 unspecified atom stereocenters. The third-order valence-corrected chi connectivity index (χ3v) is 4.83. The van der Waals surface area contributed by atoms with Crippen molar-refractivity contribution in [2.24, 2.45) is 0 Å². The number of amides is 1. The van der Waals surface area contributed by atoms with Crippen molar-refractivity contribution in [3.63, 3.8) is 0 Å². The molecule has 2 N–H and O–H groups in total. The lowest BCUT2D eigenvalue weighted by atomic mass is 10.1. The maximum Gasteiger partial charge on any atom is 0.269 e. The standard InChI is InChI=1S/C20H27N5O2/c1-24(11-9-16-6-3-2-4-7-16)18-12-20(27)25(22-14-18)15-19(26)23-17-8-5-10-21-13-17/h2-4,6-7,12,14,17,21H,5,8-11,13,15H2,1H3,(H,23,26)/t17-/m0/s1. The van der Waals surface area contributed by atoms with Crippen molar-refractivity contribution >= 4 is 11.6 Å². The summed E-state index contributed by atoms with van der Waals surface area (Å²) in [4.78, 5) is 26.5. The first kappa shape index (κ1) is 19.1. The average molecular weight is 369 g/mol. The van der Waals surface area contributed by atoms with Crippen molar-refractivity contribution in [1.29, 1.82) is 0 Å². The van der Waals surface area contributed by atoms with Crippen LogP contribution in [0.2, 0.25) is 0 Å². The molecule has 2 heterocycles. The molecule has 1 amide bonds. The van der Waals surface area contributed by atoms with Gasteiger partial charge < -0.3 is 15.5 Å². The minimum atomic E-state index is -0.268. The van der Waals surface area contributed by atoms with Gasteiger partial charge in [0.05, 0.1) is 11.9 Å². The molecule has 0 radical (unpaired) electrons. The number of carbonyl (C=O) groups excluding carboxylic acids is 1. The Morgan fingerprint density at radius 3 is 2.89 bits per heavy atom. The SMILES string of the molecule is CN(CCc1ccccc1)c1cnn(CC(=O)N[C@H]2CCCNC2)c(=O)c1. The summed E-state index contributed by atoms with van der Waals surface area (Å²) in [6, 6.07) is 11.9. The average Bonchev–Trinajstić information content (AvgIpc) is 2.69. The van der Waals surface area contributed by atoms with Gasteiger partial charge in [-0.05, 0) is 31.4 Å². The normalized spacial score (nSPS) is 16.7. The third-order valence-electron chi connectivity index (χ3n) is 4.83. The van der Waals surface area contributed by atoms with Crippen LogP contribution in [-0.4, -0.2) is 48.4 Å². The van der Waals surface area contributed by atoms with Gasteiger partial charge in [-0.2, -0.15) is 5.10 Å². The summed E-state index contributed by atoms with van der Waals surface area (Å²) < 4.78 is 1.21. The van der Waals surface area contributed by atoms with Crippen molar-refractivity contribution < 1.29 is 4.79 Å². The first-order valence-corrected chi connectivity index (χ1v) is 9.44. The predicted octanol–water partition coefficient (Wildman–Crippen LogP) is 0.790. The van der Waals surface area contributed by atoms with Crippen molar-refractivity contribution in [2.45, 2.75) is 31.8 Å². The van der Waals surface area contributed by atoms with Crippen LogP contribution in [0.15, 0.2) is 47.4 Å². The second kappa shape index (κ2) is 9.32. The van der Waals surface area contributed by atoms with E-state index in [4.69, 9.17) is 0 Å². The highest BCUT2D eigenvalue weighted by Crippen LogP contribution is 2.09. The van der Waals surface area contributed by atoms with Crippen LogP contribution in [0.25, 0.3) is 0 Å². The van der Waals surface area contributed by atoms with Crippen LogP contribution < -0.4 is 21.1 Å². The van der Waals surface area contributed by atoms with E-state index in [9.17, 15) is 9.59 Å². The molecular weight excluding hydrogens is 342 g/mol. The van der Waals surface area contributed by atoms with Crippen LogP contribution >= 0.6 is 0 Å². The fourth-order valence-corrected chi connectivity index (χ4v) is 3.21. The molecule has 7 nitrogen and oxygen atoms in total. The molecule has 144 valence electrons. The quantitative estimate of drug-likeness (QED) is 0.754. The second-order valence-corrected chi connectivity index (χ2v) is 6.98. The molecule has 1 saturated heterocycles. The van der Waals surface area contributed by atoms with Crippen LogP contribution in [0.5, 0.6) is 0 Å². The lowest BCUT2D eigenvalue weighted by molar-refractivity contribution is -0.122. The number of benzene rings is 1. The number of hydrogen-bond acceptors (Lipinski definition) is 5. The lowest BCUT2D eigenvalue weighted by Crippen LogP contribution is -2.47. The van der Waals surface area contributed by atoms with Crippen LogP contribution in [0.4, 0.5) is 5.69 Å². The highest BCUT2D eigenvalue weighted by molar-refractivity contribution is 5.76. The molecule has 1 aromatic carbocycles. The highest BCUT2D eigenvalue weighted by Gasteiger charge is 2.16. The Kier molecular flexibility index (Phi) is 6.59. The highest BCUT2D eigenvalue weighted by atomic mass is 16.2. The molecule has 0 saturated carbocycles. The van der Waals surface area contributed by atoms with Gasteiger partial charge in [-0.1, -0.05) is 30.3 Å².